The number of ether oxygens (including phenoxy) is 3. The van der Waals surface area contributed by atoms with Crippen molar-refractivity contribution in [1.82, 2.24) is 30.0 Å². The van der Waals surface area contributed by atoms with Crippen molar-refractivity contribution in [2.45, 2.75) is 12.6 Å². The topological polar surface area (TPSA) is 77.8 Å². The third-order valence-corrected chi connectivity index (χ3v) is 4.94. The van der Waals surface area contributed by atoms with Gasteiger partial charge in [0.1, 0.15) is 0 Å². The zero-order valence-corrected chi connectivity index (χ0v) is 16.5. The van der Waals surface area contributed by atoms with Gasteiger partial charge < -0.3 is 19.1 Å². The molecule has 9 heteroatoms. The number of piperazine rings is 1. The number of rotatable bonds is 8. The van der Waals surface area contributed by atoms with Crippen LogP contribution in [0, 0.1) is 0 Å². The van der Waals surface area contributed by atoms with Crippen molar-refractivity contribution in [2.24, 2.45) is 0 Å². The summed E-state index contributed by atoms with van der Waals surface area (Å²) in [6.45, 7) is 5.04. The predicted octanol–water partition coefficient (Wildman–Crippen LogP) is 0.674. The van der Waals surface area contributed by atoms with E-state index in [0.29, 0.717) is 24.7 Å². The summed E-state index contributed by atoms with van der Waals surface area (Å²) in [5, 5.41) is 12.4. The Morgan fingerprint density at radius 1 is 1.04 bits per heavy atom. The van der Waals surface area contributed by atoms with Gasteiger partial charge in [0.2, 0.25) is 0 Å². The van der Waals surface area contributed by atoms with Gasteiger partial charge in [-0.3, -0.25) is 4.90 Å². The maximum atomic E-state index is 5.51. The number of nitrogens with zero attached hydrogens (tertiary/aromatic N) is 6. The molecule has 0 radical (unpaired) electrons. The van der Waals surface area contributed by atoms with Crippen LogP contribution in [0.25, 0.3) is 0 Å². The van der Waals surface area contributed by atoms with Gasteiger partial charge in [0.15, 0.2) is 17.3 Å². The fourth-order valence-electron chi connectivity index (χ4n) is 3.37. The third-order valence-electron chi connectivity index (χ3n) is 4.94. The van der Waals surface area contributed by atoms with Crippen LogP contribution in [0.4, 0.5) is 0 Å². The molecule has 0 spiro atoms. The zero-order chi connectivity index (χ0) is 19.2. The van der Waals surface area contributed by atoms with E-state index in [9.17, 15) is 0 Å². The van der Waals surface area contributed by atoms with Gasteiger partial charge in [0.05, 0.1) is 33.4 Å². The number of hydrogen-bond acceptors (Lipinski definition) is 8. The Morgan fingerprint density at radius 3 is 2.44 bits per heavy atom. The zero-order valence-electron chi connectivity index (χ0n) is 16.5. The Labute approximate surface area is 159 Å². The summed E-state index contributed by atoms with van der Waals surface area (Å²) in [5.74, 6) is 2.21. The maximum Gasteiger partial charge on any atom is 0.173 e. The lowest BCUT2D eigenvalue weighted by molar-refractivity contribution is 0.119. The van der Waals surface area contributed by atoms with E-state index in [-0.39, 0.29) is 6.04 Å². The van der Waals surface area contributed by atoms with Crippen molar-refractivity contribution in [3.63, 3.8) is 0 Å². The maximum absolute atomic E-state index is 5.51. The number of likely N-dealkylation sites (N-methyl/N-ethyl adjacent to an activating group) is 1. The Kier molecular flexibility index (Phi) is 6.59. The minimum Gasteiger partial charge on any atom is -0.493 e. The summed E-state index contributed by atoms with van der Waals surface area (Å²) < 4.78 is 17.9. The van der Waals surface area contributed by atoms with E-state index in [2.05, 4.69) is 38.4 Å². The van der Waals surface area contributed by atoms with Crippen LogP contribution in [0.3, 0.4) is 0 Å². The summed E-state index contributed by atoms with van der Waals surface area (Å²) >= 11 is 0. The van der Waals surface area contributed by atoms with E-state index in [0.717, 1.165) is 37.6 Å². The smallest absolute Gasteiger partial charge is 0.173 e. The van der Waals surface area contributed by atoms with Crippen LogP contribution >= 0.6 is 0 Å². The van der Waals surface area contributed by atoms with Crippen LogP contribution in [0.15, 0.2) is 18.2 Å². The highest BCUT2D eigenvalue weighted by Gasteiger charge is 2.30. The van der Waals surface area contributed by atoms with Crippen molar-refractivity contribution in [1.29, 1.82) is 0 Å². The van der Waals surface area contributed by atoms with Crippen LogP contribution in [-0.4, -0.2) is 91.2 Å². The first-order valence-electron chi connectivity index (χ1n) is 9.07. The molecule has 1 aromatic carbocycles. The number of tetrazole rings is 1. The van der Waals surface area contributed by atoms with Crippen LogP contribution < -0.4 is 9.47 Å². The summed E-state index contributed by atoms with van der Waals surface area (Å²) in [6.07, 6.45) is 0. The number of hydrogen-bond donors (Lipinski definition) is 0. The van der Waals surface area contributed by atoms with Gasteiger partial charge in [0, 0.05) is 33.3 Å². The first-order valence-corrected chi connectivity index (χ1v) is 9.07. The second kappa shape index (κ2) is 9.12. The quantitative estimate of drug-likeness (QED) is 0.665. The van der Waals surface area contributed by atoms with Gasteiger partial charge in [-0.25, -0.2) is 4.68 Å². The standard InChI is InChI=1S/C18H28N6O3/c1-22-7-9-23(10-8-22)17(18-19-20-21-24(18)11-12-25-2)14-5-6-15(26-3)16(13-14)27-4/h5-6,13,17H,7-12H2,1-4H3. The molecule has 1 atom stereocenters. The lowest BCUT2D eigenvalue weighted by Gasteiger charge is -2.37. The highest BCUT2D eigenvalue weighted by molar-refractivity contribution is 5.44. The Bertz CT molecular complexity index is 730. The number of aromatic nitrogens is 4. The molecule has 1 fully saturated rings. The lowest BCUT2D eigenvalue weighted by Crippen LogP contribution is -2.46. The van der Waals surface area contributed by atoms with Crippen molar-refractivity contribution in [3.05, 3.63) is 29.6 Å². The van der Waals surface area contributed by atoms with Crippen LogP contribution in [-0.2, 0) is 11.3 Å². The Hall–Kier alpha value is -2.23. The molecule has 2 heterocycles. The monoisotopic (exact) mass is 376 g/mol. The molecule has 1 aromatic heterocycles. The van der Waals surface area contributed by atoms with Gasteiger partial charge in [0.25, 0.3) is 0 Å². The SMILES string of the molecule is COCCn1nnnc1C(c1ccc(OC)c(OC)c1)N1CCN(C)CC1. The summed E-state index contributed by atoms with van der Waals surface area (Å²) in [4.78, 5) is 4.74. The van der Waals surface area contributed by atoms with Crippen LogP contribution in [0.1, 0.15) is 17.4 Å². The lowest BCUT2D eigenvalue weighted by atomic mass is 10.0. The van der Waals surface area contributed by atoms with E-state index < -0.39 is 0 Å². The molecule has 0 bridgehead atoms. The molecule has 9 nitrogen and oxygen atoms in total. The molecular formula is C18H28N6O3. The first kappa shape index (κ1) is 19.5. The van der Waals surface area contributed by atoms with Crippen molar-refractivity contribution in [3.8, 4) is 11.5 Å². The molecule has 0 aliphatic carbocycles. The van der Waals surface area contributed by atoms with Gasteiger partial charge in [-0.15, -0.1) is 5.10 Å². The molecule has 2 aromatic rings. The molecular weight excluding hydrogens is 348 g/mol. The molecule has 1 aliphatic heterocycles. The van der Waals surface area contributed by atoms with E-state index in [4.69, 9.17) is 14.2 Å². The van der Waals surface area contributed by atoms with E-state index in [1.54, 1.807) is 21.3 Å². The average molecular weight is 376 g/mol. The molecule has 1 saturated heterocycles. The Morgan fingerprint density at radius 2 is 1.78 bits per heavy atom. The third kappa shape index (κ3) is 4.37. The van der Waals surface area contributed by atoms with Crippen LogP contribution in [0.2, 0.25) is 0 Å². The summed E-state index contributed by atoms with van der Waals surface area (Å²) in [6, 6.07) is 5.93. The Balaban J connectivity index is 1.99. The van der Waals surface area contributed by atoms with Crippen LogP contribution in [0.5, 0.6) is 11.5 Å². The van der Waals surface area contributed by atoms with Gasteiger partial charge in [-0.05, 0) is 35.2 Å². The van der Waals surface area contributed by atoms with E-state index in [1.807, 2.05) is 16.8 Å². The van der Waals surface area contributed by atoms with Crippen molar-refractivity contribution in [2.75, 3.05) is 61.2 Å². The minimum atomic E-state index is -0.0645. The largest absolute Gasteiger partial charge is 0.493 e. The van der Waals surface area contributed by atoms with Crippen molar-refractivity contribution < 1.29 is 14.2 Å². The highest BCUT2D eigenvalue weighted by atomic mass is 16.5. The van der Waals surface area contributed by atoms with Gasteiger partial charge in [-0.2, -0.15) is 0 Å². The second-order valence-electron chi connectivity index (χ2n) is 6.61. The number of benzene rings is 1. The molecule has 27 heavy (non-hydrogen) atoms. The molecule has 1 unspecified atom stereocenters. The molecule has 3 rings (SSSR count). The summed E-state index contributed by atoms with van der Waals surface area (Å²) in [7, 11) is 7.11. The number of methoxy groups -OCH3 is 3. The molecule has 0 amide bonds. The molecule has 0 saturated carbocycles. The minimum absolute atomic E-state index is 0.0645. The summed E-state index contributed by atoms with van der Waals surface area (Å²) in [5.41, 5.74) is 1.07. The normalized spacial score (nSPS) is 17.0. The fraction of sp³-hybridized carbons (Fsp3) is 0.611. The van der Waals surface area contributed by atoms with Gasteiger partial charge in [-0.1, -0.05) is 6.07 Å². The van der Waals surface area contributed by atoms with Crippen molar-refractivity contribution >= 4 is 0 Å². The van der Waals surface area contributed by atoms with E-state index >= 15 is 0 Å². The van der Waals surface area contributed by atoms with E-state index in [1.165, 1.54) is 0 Å². The highest BCUT2D eigenvalue weighted by Crippen LogP contribution is 2.34. The predicted molar refractivity (Wildman–Crippen MR) is 100 cm³/mol. The average Bonchev–Trinajstić information content (AvgIpc) is 3.16. The molecule has 148 valence electrons. The molecule has 0 N–H and O–H groups in total. The first-order chi connectivity index (χ1) is 13.2. The fourth-order valence-corrected chi connectivity index (χ4v) is 3.37. The van der Waals surface area contributed by atoms with Gasteiger partial charge >= 0.3 is 0 Å². The second-order valence-corrected chi connectivity index (χ2v) is 6.61. The molecule has 1 aliphatic rings.